The molecule has 1 saturated heterocycles. The fraction of sp³-hybridized carbons (Fsp3) is 0.320. The van der Waals surface area contributed by atoms with Crippen molar-refractivity contribution in [2.24, 2.45) is 0 Å². The Bertz CT molecular complexity index is 1050. The number of nitrogens with one attached hydrogen (secondary N) is 1. The lowest BCUT2D eigenvalue weighted by atomic mass is 9.74. The van der Waals surface area contributed by atoms with Crippen molar-refractivity contribution in [2.45, 2.75) is 44.4 Å². The third-order valence-corrected chi connectivity index (χ3v) is 6.67. The van der Waals surface area contributed by atoms with E-state index in [0.717, 1.165) is 16.9 Å². The van der Waals surface area contributed by atoms with Gasteiger partial charge in [0.05, 0.1) is 0 Å². The Morgan fingerprint density at radius 1 is 1.14 bits per heavy atom. The lowest BCUT2D eigenvalue weighted by Gasteiger charge is -2.49. The zero-order chi connectivity index (χ0) is 20.2. The molecule has 0 radical (unpaired) electrons. The van der Waals surface area contributed by atoms with E-state index in [1.165, 1.54) is 11.3 Å². The first-order valence-electron chi connectivity index (χ1n) is 10.3. The van der Waals surface area contributed by atoms with E-state index in [1.807, 2.05) is 18.2 Å². The number of benzene rings is 2. The highest BCUT2D eigenvalue weighted by Gasteiger charge is 2.57. The molecule has 2 aromatic carbocycles. The Morgan fingerprint density at radius 2 is 1.90 bits per heavy atom. The normalized spacial score (nSPS) is 26.9. The highest BCUT2D eigenvalue weighted by atomic mass is 16.5. The summed E-state index contributed by atoms with van der Waals surface area (Å²) in [6, 6.07) is 16.6. The summed E-state index contributed by atoms with van der Waals surface area (Å²) < 4.78 is 6.11. The number of fused-ring (bicyclic) bond motifs is 4. The van der Waals surface area contributed by atoms with Crippen molar-refractivity contribution in [3.8, 4) is 5.75 Å². The zero-order valence-electron chi connectivity index (χ0n) is 17.1. The molecule has 2 aromatic rings. The fourth-order valence-electron chi connectivity index (χ4n) is 4.98. The second-order valence-corrected chi connectivity index (χ2v) is 8.63. The van der Waals surface area contributed by atoms with Crippen LogP contribution in [0.4, 0.5) is 5.69 Å². The van der Waals surface area contributed by atoms with Gasteiger partial charge in [0, 0.05) is 29.6 Å². The number of rotatable bonds is 2. The molecule has 0 spiro atoms. The number of ether oxygens (including phenoxy) is 1. The van der Waals surface area contributed by atoms with Crippen LogP contribution in [-0.4, -0.2) is 24.2 Å². The molecule has 0 unspecified atom stereocenters. The van der Waals surface area contributed by atoms with Gasteiger partial charge in [0.15, 0.2) is 0 Å². The Hall–Kier alpha value is -3.01. The fourth-order valence-corrected chi connectivity index (χ4v) is 4.98. The molecule has 3 heterocycles. The number of carbonyl (C=O) groups excluding carboxylic acids is 1. The lowest BCUT2D eigenvalue weighted by molar-refractivity contribution is -0.124. The number of amides is 1. The third-order valence-electron chi connectivity index (χ3n) is 6.67. The van der Waals surface area contributed by atoms with Gasteiger partial charge in [-0.2, -0.15) is 0 Å². The minimum Gasteiger partial charge on any atom is -0.485 e. The number of carbonyl (C=O) groups is 1. The second-order valence-electron chi connectivity index (χ2n) is 8.63. The van der Waals surface area contributed by atoms with Gasteiger partial charge in [-0.15, -0.1) is 0 Å². The largest absolute Gasteiger partial charge is 0.485 e. The number of anilines is 1. The summed E-state index contributed by atoms with van der Waals surface area (Å²) in [6.45, 7) is 7.21. The van der Waals surface area contributed by atoms with Crippen LogP contribution in [0.15, 0.2) is 66.3 Å². The number of para-hydroxylation sites is 2. The van der Waals surface area contributed by atoms with Crippen LogP contribution < -0.4 is 15.0 Å². The first kappa shape index (κ1) is 18.0. The van der Waals surface area contributed by atoms with Crippen molar-refractivity contribution >= 4 is 17.7 Å². The Morgan fingerprint density at radius 3 is 2.76 bits per heavy atom. The number of hydrogen-bond acceptors (Lipinski definition) is 3. The van der Waals surface area contributed by atoms with E-state index in [-0.39, 0.29) is 17.4 Å². The first-order valence-corrected chi connectivity index (χ1v) is 10.3. The average Bonchev–Trinajstić information content (AvgIpc) is 2.90. The molecule has 4 heteroatoms. The highest BCUT2D eigenvalue weighted by Crippen LogP contribution is 2.52. The summed E-state index contributed by atoms with van der Waals surface area (Å²) in [7, 11) is 0. The molecular weight excluding hydrogens is 360 g/mol. The van der Waals surface area contributed by atoms with E-state index in [0.29, 0.717) is 13.0 Å². The van der Waals surface area contributed by atoms with Crippen molar-refractivity contribution < 1.29 is 9.53 Å². The van der Waals surface area contributed by atoms with Gasteiger partial charge < -0.3 is 15.0 Å². The van der Waals surface area contributed by atoms with Crippen molar-refractivity contribution in [1.29, 1.82) is 0 Å². The van der Waals surface area contributed by atoms with Crippen LogP contribution in [-0.2, 0) is 10.2 Å². The molecule has 4 nitrogen and oxygen atoms in total. The van der Waals surface area contributed by atoms with Gasteiger partial charge in [-0.25, -0.2) is 0 Å². The van der Waals surface area contributed by atoms with Crippen LogP contribution in [0, 0.1) is 0 Å². The second kappa shape index (κ2) is 6.24. The standard InChI is InChI=1S/C25H26N2O2/c1-17-18(16-19-8-4-7-11-22(19)29-17)12-14-25-24(2,3)20-9-5-6-10-21(20)27(25)15-13-23(28)26-25/h4-12,14,16-17H,13,15H2,1-3H3,(H,26,28)/t17-,25+/m1/s1. The predicted molar refractivity (Wildman–Crippen MR) is 116 cm³/mol. The van der Waals surface area contributed by atoms with Crippen LogP contribution in [0.5, 0.6) is 5.75 Å². The molecule has 5 rings (SSSR count). The van der Waals surface area contributed by atoms with Gasteiger partial charge in [0.2, 0.25) is 5.91 Å². The molecule has 3 aliphatic heterocycles. The molecule has 2 atom stereocenters. The van der Waals surface area contributed by atoms with Gasteiger partial charge in [-0.3, -0.25) is 4.79 Å². The van der Waals surface area contributed by atoms with Crippen LogP contribution in [0.2, 0.25) is 0 Å². The van der Waals surface area contributed by atoms with E-state index >= 15 is 0 Å². The highest BCUT2D eigenvalue weighted by molar-refractivity contribution is 5.84. The summed E-state index contributed by atoms with van der Waals surface area (Å²) >= 11 is 0. The first-order chi connectivity index (χ1) is 13.9. The van der Waals surface area contributed by atoms with E-state index < -0.39 is 5.66 Å². The lowest BCUT2D eigenvalue weighted by Crippen LogP contribution is -2.68. The summed E-state index contributed by atoms with van der Waals surface area (Å²) in [5.41, 5.74) is 3.79. The molecule has 0 aromatic heterocycles. The van der Waals surface area contributed by atoms with E-state index in [1.54, 1.807) is 0 Å². The molecule has 148 valence electrons. The predicted octanol–water partition coefficient (Wildman–Crippen LogP) is 4.42. The van der Waals surface area contributed by atoms with Crippen molar-refractivity contribution in [1.82, 2.24) is 5.32 Å². The molecule has 0 aliphatic carbocycles. The maximum atomic E-state index is 12.5. The summed E-state index contributed by atoms with van der Waals surface area (Å²) in [6.07, 6.45) is 6.95. The minimum absolute atomic E-state index is 0.0443. The maximum absolute atomic E-state index is 12.5. The van der Waals surface area contributed by atoms with E-state index in [2.05, 4.69) is 79.5 Å². The van der Waals surface area contributed by atoms with Crippen molar-refractivity contribution in [3.63, 3.8) is 0 Å². The van der Waals surface area contributed by atoms with Crippen molar-refractivity contribution in [2.75, 3.05) is 11.4 Å². The Kier molecular flexibility index (Phi) is 3.89. The number of hydrogen-bond donors (Lipinski definition) is 1. The average molecular weight is 386 g/mol. The van der Waals surface area contributed by atoms with Crippen LogP contribution in [0.3, 0.4) is 0 Å². The van der Waals surface area contributed by atoms with E-state index in [4.69, 9.17) is 4.74 Å². The molecule has 1 amide bonds. The monoisotopic (exact) mass is 386 g/mol. The van der Waals surface area contributed by atoms with Gasteiger partial charge in [0.25, 0.3) is 0 Å². The molecule has 1 fully saturated rings. The third kappa shape index (κ3) is 2.55. The Labute approximate surface area is 171 Å². The van der Waals surface area contributed by atoms with Crippen LogP contribution >= 0.6 is 0 Å². The molecule has 0 saturated carbocycles. The quantitative estimate of drug-likeness (QED) is 0.831. The maximum Gasteiger partial charge on any atom is 0.223 e. The number of nitrogens with zero attached hydrogens (tertiary/aromatic N) is 1. The minimum atomic E-state index is -0.594. The van der Waals surface area contributed by atoms with Crippen molar-refractivity contribution in [3.05, 3.63) is 77.4 Å². The molecule has 1 N–H and O–H groups in total. The van der Waals surface area contributed by atoms with Gasteiger partial charge >= 0.3 is 0 Å². The van der Waals surface area contributed by atoms with Gasteiger partial charge in [0.1, 0.15) is 17.5 Å². The van der Waals surface area contributed by atoms with Gasteiger partial charge in [-0.05, 0) is 42.3 Å². The molecule has 3 aliphatic rings. The van der Waals surface area contributed by atoms with Crippen LogP contribution in [0.25, 0.3) is 6.08 Å². The SMILES string of the molecule is C[C@H]1Oc2ccccc2C=C1C=C[C@]12NC(=O)CCN1c1ccccc1C2(C)C. The van der Waals surface area contributed by atoms with Crippen LogP contribution in [0.1, 0.15) is 38.3 Å². The van der Waals surface area contributed by atoms with Gasteiger partial charge in [-0.1, -0.05) is 56.3 Å². The molecular formula is C25H26N2O2. The smallest absolute Gasteiger partial charge is 0.223 e. The van der Waals surface area contributed by atoms with E-state index in [9.17, 15) is 4.79 Å². The Balaban J connectivity index is 1.60. The topological polar surface area (TPSA) is 41.6 Å². The molecule has 0 bridgehead atoms. The summed E-state index contributed by atoms with van der Waals surface area (Å²) in [4.78, 5) is 14.9. The summed E-state index contributed by atoms with van der Waals surface area (Å²) in [5.74, 6) is 1.01. The molecule has 29 heavy (non-hydrogen) atoms. The summed E-state index contributed by atoms with van der Waals surface area (Å²) in [5, 5.41) is 3.33. The zero-order valence-corrected chi connectivity index (χ0v) is 17.1.